The van der Waals surface area contributed by atoms with Crippen molar-refractivity contribution in [3.05, 3.63) is 0 Å². The summed E-state index contributed by atoms with van der Waals surface area (Å²) in [5.41, 5.74) is 0. The van der Waals surface area contributed by atoms with Crippen LogP contribution < -0.4 is 0 Å². The lowest BCUT2D eigenvalue weighted by Crippen LogP contribution is -2.69. The van der Waals surface area contributed by atoms with Gasteiger partial charge in [-0.3, -0.25) is 4.79 Å². The fourth-order valence-corrected chi connectivity index (χ4v) is 13.2. The Morgan fingerprint density at radius 3 is 0.756 bits per heavy atom. The number of aliphatic hydroxyl groups excluding tert-OH is 18. The summed E-state index contributed by atoms with van der Waals surface area (Å²) in [7, 11) is 3.92. The molecular weight excluding hydrogens is 1100 g/mol. The second kappa shape index (κ2) is 29.2. The van der Waals surface area contributed by atoms with Crippen molar-refractivity contribution in [1.82, 2.24) is 0 Å². The average Bonchev–Trinajstić information content (AvgIpc) is 4.00. The molecular formula is C44H74O32S2. The molecule has 23 aliphatic heterocycles. The molecule has 0 radical (unpaired) electrons. The molecule has 0 saturated carbocycles. The van der Waals surface area contributed by atoms with Crippen LogP contribution in [0.2, 0.25) is 0 Å². The Labute approximate surface area is 452 Å². The first-order chi connectivity index (χ1) is 37.2. The smallest absolute Gasteiger partial charge is 0.303 e. The molecule has 23 rings (SSSR count). The number of aliphatic carboxylic acids is 1. The van der Waals surface area contributed by atoms with E-state index < -0.39 is 230 Å². The van der Waals surface area contributed by atoms with Crippen LogP contribution in [0.15, 0.2) is 0 Å². The zero-order valence-electron chi connectivity index (χ0n) is 41.5. The van der Waals surface area contributed by atoms with Crippen molar-refractivity contribution in [1.29, 1.82) is 0 Å². The SMILES string of the molecule is O=C(O)CCCCC1CCSS1.OC[C@H]1O[C@@H]2O[C@H]3[C@H](O)[C@@H](O)[C@@H](O[C@H]4[C@H](O)[C@@H](O)[C@@H](O[C@H]5[C@H](O)[C@@H](O)[C@@H](O[C@H]6[C@H](O)[C@@H](O)[C@@H](O[C@H]7[C@H](O)[C@@H](O)[C@@H](O[C@H]1[C@H](O)[C@H]2O)O[C@@H]7CO)O[C@@H]6CO)O[C@@H]5CO)O[C@@H]4CO)O[C@@H]3CO. The number of hydrogen-bond acceptors (Lipinski definition) is 33. The third-order valence-electron chi connectivity index (χ3n) is 14.6. The highest BCUT2D eigenvalue weighted by molar-refractivity contribution is 8.77. The molecule has 31 atom stereocenters. The van der Waals surface area contributed by atoms with Gasteiger partial charge in [0, 0.05) is 17.4 Å². The van der Waals surface area contributed by atoms with Gasteiger partial charge in [0.2, 0.25) is 0 Å². The van der Waals surface area contributed by atoms with E-state index in [1.54, 1.807) is 0 Å². The van der Waals surface area contributed by atoms with Gasteiger partial charge in [-0.15, -0.1) is 0 Å². The summed E-state index contributed by atoms with van der Waals surface area (Å²) in [6.45, 7) is -5.99. The van der Waals surface area contributed by atoms with Crippen molar-refractivity contribution in [3.63, 3.8) is 0 Å². The van der Waals surface area contributed by atoms with E-state index in [1.165, 1.54) is 18.6 Å². The zero-order chi connectivity index (χ0) is 56.9. The van der Waals surface area contributed by atoms with Crippen LogP contribution in [0, 0.1) is 0 Å². The molecule has 0 aromatic rings. The molecule has 1 unspecified atom stereocenters. The Bertz CT molecular complexity index is 1530. The van der Waals surface area contributed by atoms with Gasteiger partial charge in [-0.05, 0) is 19.3 Å². The summed E-state index contributed by atoms with van der Waals surface area (Å²) in [6, 6.07) is 0. The van der Waals surface area contributed by atoms with Gasteiger partial charge >= 0.3 is 5.97 Å². The van der Waals surface area contributed by atoms with Gasteiger partial charge in [0.05, 0.1) is 39.6 Å². The van der Waals surface area contributed by atoms with Gasteiger partial charge in [-0.1, -0.05) is 28.0 Å². The number of carboxylic acids is 1. The highest BCUT2D eigenvalue weighted by atomic mass is 33.1. The number of ether oxygens (including phenoxy) is 12. The van der Waals surface area contributed by atoms with Crippen LogP contribution in [0.4, 0.5) is 0 Å². The number of carboxylic acid groups (broad SMARTS) is 1. The second-order valence-corrected chi connectivity index (χ2v) is 22.6. The van der Waals surface area contributed by atoms with Gasteiger partial charge < -0.3 is 154 Å². The molecule has 34 heteroatoms. The summed E-state index contributed by atoms with van der Waals surface area (Å²) >= 11 is 0. The Hall–Kier alpha value is -1.03. The van der Waals surface area contributed by atoms with Crippen molar-refractivity contribution < 1.29 is 159 Å². The van der Waals surface area contributed by atoms with Crippen molar-refractivity contribution in [2.45, 2.75) is 222 Å². The first-order valence-corrected chi connectivity index (χ1v) is 27.8. The molecule has 32 nitrogen and oxygen atoms in total. The van der Waals surface area contributed by atoms with Crippen LogP contribution in [0.1, 0.15) is 32.1 Å². The van der Waals surface area contributed by atoms with E-state index in [2.05, 4.69) is 0 Å². The highest BCUT2D eigenvalue weighted by Crippen LogP contribution is 2.41. The Kier molecular flexibility index (Phi) is 24.1. The van der Waals surface area contributed by atoms with Crippen molar-refractivity contribution in [2.24, 2.45) is 0 Å². The lowest BCUT2D eigenvalue weighted by atomic mass is 9.94. The molecule has 454 valence electrons. The number of rotatable bonds is 11. The summed E-state index contributed by atoms with van der Waals surface area (Å²) in [6.07, 6.45) is -53.7. The zero-order valence-corrected chi connectivity index (χ0v) is 43.1. The topological polar surface area (TPSA) is 512 Å². The fourth-order valence-electron chi connectivity index (χ4n) is 10.1. The Balaban J connectivity index is 0.000000649. The molecule has 78 heavy (non-hydrogen) atoms. The normalized spacial score (nSPS) is 50.4. The monoisotopic (exact) mass is 1180 g/mol. The number of carbonyl (C=O) groups is 1. The molecule has 23 aliphatic rings. The molecule has 0 aromatic heterocycles. The van der Waals surface area contributed by atoms with E-state index in [0.717, 1.165) is 18.1 Å². The minimum atomic E-state index is -2.15. The lowest BCUT2D eigenvalue weighted by Gasteiger charge is -2.50. The maximum atomic E-state index is 11.2. The Morgan fingerprint density at radius 2 is 0.577 bits per heavy atom. The third-order valence-corrected chi connectivity index (χ3v) is 17.6. The average molecular weight is 1180 g/mol. The van der Waals surface area contributed by atoms with Crippen LogP contribution in [-0.2, 0) is 61.6 Å². The van der Waals surface area contributed by atoms with Gasteiger partial charge in [-0.2, -0.15) is 0 Å². The maximum absolute atomic E-state index is 11.2. The number of hydrogen-bond donors (Lipinski definition) is 19. The summed E-state index contributed by atoms with van der Waals surface area (Å²) < 4.78 is 67.9. The van der Waals surface area contributed by atoms with Gasteiger partial charge in [0.15, 0.2) is 37.7 Å². The quantitative estimate of drug-likeness (QED) is 0.0675. The standard InChI is InChI=1S/C36H60O30.C8H14O2S2/c37-1-7-25-13(43)19(49)31(55-7)62-26-8(2-38)57-33(21(51)15(26)45)64-28-10(4-40)59-35(23(53)17(28)47)66-30-12(6-42)60-36(24(54)18(30)48)65-29-11(5-41)58-34(22(52)16(29)46)63-27-9(3-39)56-32(61-25)20(50)14(27)44;9-8(10)4-2-1-3-7-5-6-11-12-7/h7-54H,1-6H2;7H,1-6H2,(H,9,10)/t7-,8-,9-,10-,11-,12-,13-,14-,15-,16-,17-,18-,19-,20-,21-,22-,23-,24-,25-,26-,27-,28-,29-,30-,31-,32-,33-,34-,35-,36-;/m1./s1. The van der Waals surface area contributed by atoms with Crippen LogP contribution in [-0.4, -0.2) is 338 Å². The van der Waals surface area contributed by atoms with E-state index in [9.17, 15) is 96.7 Å². The third kappa shape index (κ3) is 14.4. The largest absolute Gasteiger partial charge is 0.481 e. The molecule has 23 saturated heterocycles. The van der Waals surface area contributed by atoms with Gasteiger partial charge in [0.25, 0.3) is 0 Å². The van der Waals surface area contributed by atoms with E-state index >= 15 is 0 Å². The van der Waals surface area contributed by atoms with E-state index in [0.29, 0.717) is 6.42 Å². The first kappa shape index (κ1) is 64.5. The predicted molar refractivity (Wildman–Crippen MR) is 250 cm³/mol. The predicted octanol–water partition coefficient (Wildman–Crippen LogP) is -10.3. The van der Waals surface area contributed by atoms with Crippen LogP contribution in [0.5, 0.6) is 0 Å². The molecule has 23 heterocycles. The molecule has 0 spiro atoms. The first-order valence-electron chi connectivity index (χ1n) is 25.4. The second-order valence-electron chi connectivity index (χ2n) is 19.8. The molecule has 12 bridgehead atoms. The Morgan fingerprint density at radius 1 is 0.346 bits per heavy atom. The van der Waals surface area contributed by atoms with Crippen molar-refractivity contribution in [3.8, 4) is 0 Å². The minimum absolute atomic E-state index is 0.338. The highest BCUT2D eigenvalue weighted by Gasteiger charge is 2.58. The summed E-state index contributed by atoms with van der Waals surface area (Å²) in [5.74, 6) is 0.609. The van der Waals surface area contributed by atoms with Crippen LogP contribution >= 0.6 is 21.6 Å². The number of unbranched alkanes of at least 4 members (excludes halogenated alkanes) is 1. The summed E-state index contributed by atoms with van der Waals surface area (Å²) in [4.78, 5) is 10.2. The van der Waals surface area contributed by atoms with Crippen molar-refractivity contribution >= 4 is 27.6 Å². The lowest BCUT2D eigenvalue weighted by molar-refractivity contribution is -0.404. The molecule has 0 aliphatic carbocycles. The van der Waals surface area contributed by atoms with Gasteiger partial charge in [0.1, 0.15) is 146 Å². The molecule has 0 aromatic carbocycles. The van der Waals surface area contributed by atoms with E-state index in [-0.39, 0.29) is 0 Å². The van der Waals surface area contributed by atoms with Gasteiger partial charge in [-0.25, -0.2) is 0 Å². The van der Waals surface area contributed by atoms with E-state index in [4.69, 9.17) is 61.9 Å². The maximum Gasteiger partial charge on any atom is 0.303 e. The van der Waals surface area contributed by atoms with E-state index in [1.807, 2.05) is 21.6 Å². The number of aliphatic hydroxyl groups is 18. The minimum Gasteiger partial charge on any atom is -0.481 e. The van der Waals surface area contributed by atoms with Crippen molar-refractivity contribution in [2.75, 3.05) is 45.4 Å². The molecule has 19 N–H and O–H groups in total. The molecule has 0 amide bonds. The van der Waals surface area contributed by atoms with Crippen LogP contribution in [0.25, 0.3) is 0 Å². The fraction of sp³-hybridized carbons (Fsp3) is 0.977. The van der Waals surface area contributed by atoms with Crippen LogP contribution in [0.3, 0.4) is 0 Å². The molecule has 23 fully saturated rings. The summed E-state index contributed by atoms with van der Waals surface area (Å²) in [5, 5.41) is 205.